The molecule has 1 radical (unpaired) electrons. The first-order valence-electron chi connectivity index (χ1n) is 2.94. The fourth-order valence-electron chi connectivity index (χ4n) is 0.657. The van der Waals surface area contributed by atoms with Gasteiger partial charge in [0.25, 0.3) is 0 Å². The average molecular weight is 215 g/mol. The summed E-state index contributed by atoms with van der Waals surface area (Å²) in [6, 6.07) is 0.0619. The van der Waals surface area contributed by atoms with Crippen LogP contribution in [0.15, 0.2) is 11.8 Å². The Morgan fingerprint density at radius 3 is 2.60 bits per heavy atom. The van der Waals surface area contributed by atoms with Crippen LogP contribution in [0.1, 0.15) is 13.8 Å². The van der Waals surface area contributed by atoms with E-state index in [1.807, 2.05) is 13.8 Å². The van der Waals surface area contributed by atoms with Crippen molar-refractivity contribution in [3.05, 3.63) is 11.8 Å². The molecule has 4 heteroatoms. The number of carbonyl (C=O) groups excluding carboxylic acids is 1. The summed E-state index contributed by atoms with van der Waals surface area (Å²) in [6.45, 7) is 3.92. The van der Waals surface area contributed by atoms with Crippen molar-refractivity contribution in [2.45, 2.75) is 19.9 Å². The molecule has 2 amide bonds. The van der Waals surface area contributed by atoms with Crippen molar-refractivity contribution < 1.29 is 37.5 Å². The number of rotatable bonds is 0. The number of carbonyl (C=O) groups is 1. The molecule has 0 spiro atoms. The van der Waals surface area contributed by atoms with Crippen molar-refractivity contribution >= 4 is 6.03 Å². The van der Waals surface area contributed by atoms with Crippen LogP contribution in [0.25, 0.3) is 0 Å². The molecule has 53 valence electrons. The van der Waals surface area contributed by atoms with Crippen LogP contribution < -0.4 is 10.6 Å². The van der Waals surface area contributed by atoms with E-state index >= 15 is 0 Å². The Morgan fingerprint density at radius 1 is 1.60 bits per heavy atom. The van der Waals surface area contributed by atoms with Gasteiger partial charge in [-0.2, -0.15) is 0 Å². The Morgan fingerprint density at radius 2 is 2.20 bits per heavy atom. The van der Waals surface area contributed by atoms with E-state index in [-0.39, 0.29) is 44.8 Å². The normalized spacial score (nSPS) is 23.6. The SMILES string of the molecule is CC1=CNC(=O)NC1C.[Y]. The van der Waals surface area contributed by atoms with Crippen LogP contribution in [-0.4, -0.2) is 12.1 Å². The minimum atomic E-state index is -0.117. The Hall–Kier alpha value is 0.114. The van der Waals surface area contributed by atoms with Crippen LogP contribution in [0.2, 0.25) is 0 Å². The van der Waals surface area contributed by atoms with Gasteiger partial charge in [0.2, 0.25) is 0 Å². The molecule has 1 atom stereocenters. The molecule has 10 heavy (non-hydrogen) atoms. The molecule has 2 N–H and O–H groups in total. The van der Waals surface area contributed by atoms with Crippen LogP contribution in [-0.2, 0) is 32.7 Å². The van der Waals surface area contributed by atoms with Crippen LogP contribution >= 0.6 is 0 Å². The van der Waals surface area contributed by atoms with Gasteiger partial charge in [0.1, 0.15) is 0 Å². The van der Waals surface area contributed by atoms with Crippen LogP contribution in [0.5, 0.6) is 0 Å². The minimum Gasteiger partial charge on any atom is -0.332 e. The standard InChI is InChI=1S/C6H10N2O.Y/c1-4-3-7-6(9)8-5(4)2;/h3,5H,1-2H3,(H2,7,8,9);. The summed E-state index contributed by atoms with van der Waals surface area (Å²) in [7, 11) is 0. The third kappa shape index (κ3) is 2.39. The Kier molecular flexibility index (Phi) is 4.14. The van der Waals surface area contributed by atoms with E-state index in [2.05, 4.69) is 10.6 Å². The summed E-state index contributed by atoms with van der Waals surface area (Å²) in [6.07, 6.45) is 1.73. The van der Waals surface area contributed by atoms with Crippen molar-refractivity contribution in [3.8, 4) is 0 Å². The third-order valence-corrected chi connectivity index (χ3v) is 1.46. The van der Waals surface area contributed by atoms with Crippen molar-refractivity contribution in [3.63, 3.8) is 0 Å². The van der Waals surface area contributed by atoms with E-state index < -0.39 is 0 Å². The van der Waals surface area contributed by atoms with Crippen LogP contribution in [0, 0.1) is 0 Å². The van der Waals surface area contributed by atoms with Gasteiger partial charge in [-0.05, 0) is 19.4 Å². The summed E-state index contributed by atoms with van der Waals surface area (Å²) >= 11 is 0. The molecule has 0 aromatic carbocycles. The second-order valence-corrected chi connectivity index (χ2v) is 2.23. The summed E-state index contributed by atoms with van der Waals surface area (Å²) in [5, 5.41) is 5.26. The number of amides is 2. The van der Waals surface area contributed by atoms with Gasteiger partial charge in [-0.25, -0.2) is 4.79 Å². The zero-order chi connectivity index (χ0) is 6.85. The molecule has 0 aromatic rings. The van der Waals surface area contributed by atoms with Crippen molar-refractivity contribution in [2.24, 2.45) is 0 Å². The molecule has 1 aliphatic heterocycles. The number of hydrogen-bond acceptors (Lipinski definition) is 1. The van der Waals surface area contributed by atoms with Gasteiger partial charge in [0, 0.05) is 38.9 Å². The van der Waals surface area contributed by atoms with E-state index in [0.717, 1.165) is 5.57 Å². The first-order chi connectivity index (χ1) is 4.20. The Bertz CT molecular complexity index is 167. The molecule has 0 saturated carbocycles. The average Bonchev–Trinajstić information content (AvgIpc) is 1.80. The van der Waals surface area contributed by atoms with Crippen LogP contribution in [0.4, 0.5) is 4.79 Å². The zero-order valence-electron chi connectivity index (χ0n) is 6.14. The predicted molar refractivity (Wildman–Crippen MR) is 34.9 cm³/mol. The molecule has 0 aromatic heterocycles. The van der Waals surface area contributed by atoms with Gasteiger partial charge in [0.15, 0.2) is 0 Å². The predicted octanol–water partition coefficient (Wildman–Crippen LogP) is 0.589. The fraction of sp³-hybridized carbons (Fsp3) is 0.500. The second-order valence-electron chi connectivity index (χ2n) is 2.23. The van der Waals surface area contributed by atoms with Crippen LogP contribution in [0.3, 0.4) is 0 Å². The molecule has 1 unspecified atom stereocenters. The monoisotopic (exact) mass is 215 g/mol. The van der Waals surface area contributed by atoms with Gasteiger partial charge in [0.05, 0.1) is 6.04 Å². The maximum Gasteiger partial charge on any atom is 0.319 e. The summed E-state index contributed by atoms with van der Waals surface area (Å²) in [4.78, 5) is 10.6. The minimum absolute atomic E-state index is 0. The first-order valence-corrected chi connectivity index (χ1v) is 2.94. The molecular weight excluding hydrogens is 205 g/mol. The molecule has 1 aliphatic rings. The topological polar surface area (TPSA) is 41.1 Å². The van der Waals surface area contributed by atoms with E-state index in [9.17, 15) is 4.79 Å². The number of hydrogen-bond donors (Lipinski definition) is 2. The largest absolute Gasteiger partial charge is 0.332 e. The van der Waals surface area contributed by atoms with Gasteiger partial charge < -0.3 is 10.6 Å². The van der Waals surface area contributed by atoms with E-state index in [4.69, 9.17) is 0 Å². The fourth-order valence-corrected chi connectivity index (χ4v) is 0.657. The maximum absolute atomic E-state index is 10.6. The molecule has 0 saturated heterocycles. The van der Waals surface area contributed by atoms with E-state index in [1.165, 1.54) is 0 Å². The van der Waals surface area contributed by atoms with E-state index in [0.29, 0.717) is 0 Å². The van der Waals surface area contributed by atoms with Gasteiger partial charge in [-0.3, -0.25) is 0 Å². The molecule has 0 aliphatic carbocycles. The zero-order valence-corrected chi connectivity index (χ0v) is 8.98. The smallest absolute Gasteiger partial charge is 0.319 e. The Balaban J connectivity index is 0.000000810. The quantitative estimate of drug-likeness (QED) is 0.610. The second kappa shape index (κ2) is 4.09. The number of urea groups is 1. The maximum atomic E-state index is 10.6. The van der Waals surface area contributed by atoms with Gasteiger partial charge in [-0.1, -0.05) is 0 Å². The van der Waals surface area contributed by atoms with Crippen molar-refractivity contribution in [2.75, 3.05) is 0 Å². The molecular formula is C6H10N2OY. The van der Waals surface area contributed by atoms with Gasteiger partial charge >= 0.3 is 6.03 Å². The van der Waals surface area contributed by atoms with Crippen molar-refractivity contribution in [1.29, 1.82) is 0 Å². The first kappa shape index (κ1) is 10.1. The molecule has 0 bridgehead atoms. The third-order valence-electron chi connectivity index (χ3n) is 1.46. The molecule has 3 nitrogen and oxygen atoms in total. The molecule has 1 rings (SSSR count). The number of nitrogens with one attached hydrogen (secondary N) is 2. The molecule has 0 fully saturated rings. The summed E-state index contributed by atoms with van der Waals surface area (Å²) in [5.41, 5.74) is 1.15. The molecule has 1 heterocycles. The Labute approximate surface area is 85.5 Å². The van der Waals surface area contributed by atoms with Crippen molar-refractivity contribution in [1.82, 2.24) is 10.6 Å². The van der Waals surface area contributed by atoms with E-state index in [1.54, 1.807) is 6.20 Å². The van der Waals surface area contributed by atoms with Gasteiger partial charge in [-0.15, -0.1) is 0 Å². The summed E-state index contributed by atoms with van der Waals surface area (Å²) in [5.74, 6) is 0. The summed E-state index contributed by atoms with van der Waals surface area (Å²) < 4.78 is 0.